The quantitative estimate of drug-likeness (QED) is 0.697. The highest BCUT2D eigenvalue weighted by atomic mass is 16.5. The number of nitrogens with one attached hydrogen (secondary N) is 1. The van der Waals surface area contributed by atoms with Gasteiger partial charge in [-0.1, -0.05) is 12.7 Å². The maximum absolute atomic E-state index is 11.1. The van der Waals surface area contributed by atoms with Crippen LogP contribution >= 0.6 is 0 Å². The van der Waals surface area contributed by atoms with Crippen molar-refractivity contribution in [1.82, 2.24) is 20.1 Å². The average Bonchev–Trinajstić information content (AvgIpc) is 2.65. The van der Waals surface area contributed by atoms with Gasteiger partial charge < -0.3 is 15.2 Å². The van der Waals surface area contributed by atoms with Crippen LogP contribution in [0.1, 0.15) is 16.4 Å². The van der Waals surface area contributed by atoms with Gasteiger partial charge in [-0.2, -0.15) is 0 Å². The molecule has 0 aliphatic rings. The average molecular weight is 240 g/mol. The molecule has 0 fully saturated rings. The van der Waals surface area contributed by atoms with Crippen molar-refractivity contribution in [1.29, 1.82) is 0 Å². The molecule has 1 amide bonds. The van der Waals surface area contributed by atoms with Gasteiger partial charge in [-0.25, -0.2) is 14.6 Å². The van der Waals surface area contributed by atoms with E-state index in [9.17, 15) is 9.59 Å². The molecule has 1 aromatic rings. The molecule has 8 nitrogen and oxygen atoms in total. The fraction of sp³-hybridized carbons (Fsp3) is 0.333. The molecule has 1 rings (SSSR count). The second-order valence-electron chi connectivity index (χ2n) is 3.02. The number of carbonyl (C=O) groups is 2. The van der Waals surface area contributed by atoms with Crippen molar-refractivity contribution >= 4 is 12.1 Å². The number of aromatic nitrogens is 3. The summed E-state index contributed by atoms with van der Waals surface area (Å²) in [4.78, 5) is 25.4. The number of amides is 1. The molecule has 0 radical (unpaired) electrons. The predicted octanol–water partition coefficient (Wildman–Crippen LogP) is -0.0745. The predicted molar refractivity (Wildman–Crippen MR) is 56.3 cm³/mol. The number of aromatic carboxylic acids is 1. The van der Waals surface area contributed by atoms with Crippen LogP contribution in [0.4, 0.5) is 4.79 Å². The topological polar surface area (TPSA) is 106 Å². The minimum Gasteiger partial charge on any atom is -0.475 e. The maximum Gasteiger partial charge on any atom is 0.407 e. The first-order valence-electron chi connectivity index (χ1n) is 4.69. The number of hydrogen-bond acceptors (Lipinski definition) is 5. The first kappa shape index (κ1) is 12.7. The van der Waals surface area contributed by atoms with Crippen LogP contribution in [0.15, 0.2) is 12.7 Å². The molecule has 2 N–H and O–H groups in total. The number of rotatable bonds is 5. The zero-order chi connectivity index (χ0) is 12.8. The van der Waals surface area contributed by atoms with Gasteiger partial charge in [0.05, 0.1) is 6.54 Å². The van der Waals surface area contributed by atoms with Crippen molar-refractivity contribution in [3.63, 3.8) is 0 Å². The van der Waals surface area contributed by atoms with Crippen molar-refractivity contribution in [3.8, 4) is 0 Å². The molecule has 92 valence electrons. The Morgan fingerprint density at radius 1 is 1.65 bits per heavy atom. The molecule has 0 saturated carbocycles. The minimum atomic E-state index is -1.22. The second kappa shape index (κ2) is 5.64. The van der Waals surface area contributed by atoms with E-state index >= 15 is 0 Å². The third-order valence-electron chi connectivity index (χ3n) is 1.77. The van der Waals surface area contributed by atoms with Gasteiger partial charge in [0, 0.05) is 7.05 Å². The summed E-state index contributed by atoms with van der Waals surface area (Å²) in [6.07, 6.45) is 0.800. The molecule has 0 aliphatic carbocycles. The molecule has 8 heteroatoms. The SMILES string of the molecule is C=CCOC(=O)NCc1nc(C(=O)O)nn1C. The molecule has 0 atom stereocenters. The summed E-state index contributed by atoms with van der Waals surface area (Å²) in [7, 11) is 1.53. The number of carboxylic acid groups (broad SMARTS) is 1. The number of alkyl carbamates (subject to hydrolysis) is 1. The summed E-state index contributed by atoms with van der Waals surface area (Å²) < 4.78 is 5.94. The van der Waals surface area contributed by atoms with E-state index in [1.165, 1.54) is 17.8 Å². The molecule has 1 heterocycles. The zero-order valence-electron chi connectivity index (χ0n) is 9.21. The van der Waals surface area contributed by atoms with E-state index in [0.717, 1.165) is 0 Å². The Morgan fingerprint density at radius 2 is 2.35 bits per heavy atom. The third-order valence-corrected chi connectivity index (χ3v) is 1.77. The van der Waals surface area contributed by atoms with E-state index in [1.807, 2.05) is 0 Å². The van der Waals surface area contributed by atoms with Crippen molar-refractivity contribution in [3.05, 3.63) is 24.3 Å². The number of ether oxygens (including phenoxy) is 1. The summed E-state index contributed by atoms with van der Waals surface area (Å²) in [6, 6.07) is 0. The lowest BCUT2D eigenvalue weighted by Crippen LogP contribution is -2.25. The molecule has 17 heavy (non-hydrogen) atoms. The zero-order valence-corrected chi connectivity index (χ0v) is 9.21. The summed E-state index contributed by atoms with van der Waals surface area (Å²) in [5, 5.41) is 14.7. The highest BCUT2D eigenvalue weighted by Gasteiger charge is 2.13. The molecule has 0 aromatic carbocycles. The van der Waals surface area contributed by atoms with E-state index in [4.69, 9.17) is 5.11 Å². The van der Waals surface area contributed by atoms with Crippen LogP contribution in [0.25, 0.3) is 0 Å². The Balaban J connectivity index is 2.54. The molecule has 0 saturated heterocycles. The Kier molecular flexibility index (Phi) is 4.21. The van der Waals surface area contributed by atoms with Crippen LogP contribution in [0.2, 0.25) is 0 Å². The lowest BCUT2D eigenvalue weighted by Gasteiger charge is -2.03. The van der Waals surface area contributed by atoms with Crippen LogP contribution in [0.3, 0.4) is 0 Å². The van der Waals surface area contributed by atoms with Gasteiger partial charge in [0.2, 0.25) is 0 Å². The van der Waals surface area contributed by atoms with Crippen LogP contribution in [-0.4, -0.2) is 38.5 Å². The highest BCUT2D eigenvalue weighted by Crippen LogP contribution is 1.96. The molecule has 0 aliphatic heterocycles. The van der Waals surface area contributed by atoms with Crippen LogP contribution in [0, 0.1) is 0 Å². The van der Waals surface area contributed by atoms with Crippen LogP contribution < -0.4 is 5.32 Å². The Morgan fingerprint density at radius 3 is 2.88 bits per heavy atom. The van der Waals surface area contributed by atoms with Crippen LogP contribution in [-0.2, 0) is 18.3 Å². The fourth-order valence-electron chi connectivity index (χ4n) is 0.998. The van der Waals surface area contributed by atoms with Crippen molar-refractivity contribution in [2.75, 3.05) is 6.61 Å². The second-order valence-corrected chi connectivity index (χ2v) is 3.02. The Bertz CT molecular complexity index is 440. The summed E-state index contributed by atoms with van der Waals surface area (Å²) in [6.45, 7) is 3.53. The smallest absolute Gasteiger partial charge is 0.407 e. The lowest BCUT2D eigenvalue weighted by atomic mass is 10.5. The molecule has 0 unspecified atom stereocenters. The van der Waals surface area contributed by atoms with Crippen molar-refractivity contribution in [2.45, 2.75) is 6.54 Å². The standard InChI is InChI=1S/C9H12N4O4/c1-3-4-17-9(16)10-5-6-11-7(8(14)15)12-13(6)2/h3H,1,4-5H2,2H3,(H,10,16)(H,14,15). The van der Waals surface area contributed by atoms with Gasteiger partial charge in [0.1, 0.15) is 12.4 Å². The normalized spacial score (nSPS) is 9.71. The minimum absolute atomic E-state index is 0.0345. The van der Waals surface area contributed by atoms with E-state index in [2.05, 4.69) is 26.7 Å². The number of carbonyl (C=O) groups excluding carboxylic acids is 1. The lowest BCUT2D eigenvalue weighted by molar-refractivity contribution is 0.0683. The first-order chi connectivity index (χ1) is 8.04. The molecular formula is C9H12N4O4. The van der Waals surface area contributed by atoms with E-state index in [-0.39, 0.29) is 19.0 Å². The summed E-state index contributed by atoms with van der Waals surface area (Å²) in [5.74, 6) is -1.22. The van der Waals surface area contributed by atoms with Gasteiger partial charge in [0.25, 0.3) is 5.82 Å². The van der Waals surface area contributed by atoms with Crippen LogP contribution in [0.5, 0.6) is 0 Å². The van der Waals surface area contributed by atoms with Crippen molar-refractivity contribution in [2.24, 2.45) is 7.05 Å². The highest BCUT2D eigenvalue weighted by molar-refractivity contribution is 5.82. The Labute approximate surface area is 96.9 Å². The molecule has 1 aromatic heterocycles. The fourth-order valence-corrected chi connectivity index (χ4v) is 0.998. The van der Waals surface area contributed by atoms with E-state index < -0.39 is 12.1 Å². The number of carboxylic acids is 1. The van der Waals surface area contributed by atoms with Gasteiger partial charge in [-0.05, 0) is 0 Å². The largest absolute Gasteiger partial charge is 0.475 e. The maximum atomic E-state index is 11.1. The first-order valence-corrected chi connectivity index (χ1v) is 4.69. The number of hydrogen-bond donors (Lipinski definition) is 2. The summed E-state index contributed by atoms with van der Waals surface area (Å²) >= 11 is 0. The van der Waals surface area contributed by atoms with E-state index in [1.54, 1.807) is 0 Å². The van der Waals surface area contributed by atoms with Gasteiger partial charge >= 0.3 is 12.1 Å². The van der Waals surface area contributed by atoms with Crippen molar-refractivity contribution < 1.29 is 19.4 Å². The van der Waals surface area contributed by atoms with Gasteiger partial charge in [-0.15, -0.1) is 5.10 Å². The monoisotopic (exact) mass is 240 g/mol. The Hall–Kier alpha value is -2.38. The molecule has 0 bridgehead atoms. The molecule has 0 spiro atoms. The third kappa shape index (κ3) is 3.59. The van der Waals surface area contributed by atoms with Gasteiger partial charge in [-0.3, -0.25) is 4.68 Å². The number of aryl methyl sites for hydroxylation is 1. The molecular weight excluding hydrogens is 228 g/mol. The van der Waals surface area contributed by atoms with Gasteiger partial charge in [0.15, 0.2) is 0 Å². The van der Waals surface area contributed by atoms with E-state index in [0.29, 0.717) is 5.82 Å². The summed E-state index contributed by atoms with van der Waals surface area (Å²) in [5.41, 5.74) is 0. The number of nitrogens with zero attached hydrogens (tertiary/aromatic N) is 3.